The molecule has 22 heavy (non-hydrogen) atoms. The number of halogens is 1. The molecule has 0 saturated carbocycles. The van der Waals surface area contributed by atoms with E-state index in [1.807, 2.05) is 0 Å². The second kappa shape index (κ2) is 7.14. The number of carbonyl (C=O) groups is 1. The summed E-state index contributed by atoms with van der Waals surface area (Å²) in [4.78, 5) is 11.2. The van der Waals surface area contributed by atoms with Crippen molar-refractivity contribution in [2.45, 2.75) is 17.9 Å². The first-order chi connectivity index (χ1) is 9.87. The molecule has 124 valence electrons. The second-order valence-electron chi connectivity index (χ2n) is 4.59. The van der Waals surface area contributed by atoms with Crippen LogP contribution in [0.15, 0.2) is 17.0 Å². The third-order valence-corrected chi connectivity index (χ3v) is 4.51. The van der Waals surface area contributed by atoms with Crippen molar-refractivity contribution in [3.63, 3.8) is 0 Å². The zero-order valence-electron chi connectivity index (χ0n) is 12.1. The van der Waals surface area contributed by atoms with E-state index in [2.05, 4.69) is 10.0 Å². The lowest BCUT2D eigenvalue weighted by atomic mass is 10.2. The van der Waals surface area contributed by atoms with Gasteiger partial charge in [0.05, 0.1) is 12.8 Å². The fraction of sp³-hybridized carbons (Fsp3) is 0.417. The van der Waals surface area contributed by atoms with E-state index in [0.717, 1.165) is 0 Å². The molecule has 0 aromatic heterocycles. The summed E-state index contributed by atoms with van der Waals surface area (Å²) in [6.07, 6.45) is 0. The summed E-state index contributed by atoms with van der Waals surface area (Å²) < 4.78 is 37.4. The number of benzene rings is 1. The van der Waals surface area contributed by atoms with Crippen LogP contribution < -0.4 is 25.2 Å². The van der Waals surface area contributed by atoms with E-state index in [-0.39, 0.29) is 47.9 Å². The number of fused-ring (bicyclic) bond motifs is 1. The predicted octanol–water partition coefficient (Wildman–Crippen LogP) is 0.0734. The number of ether oxygens (including phenoxy) is 2. The number of hydrogen-bond donors (Lipinski definition) is 3. The van der Waals surface area contributed by atoms with Gasteiger partial charge in [-0.1, -0.05) is 0 Å². The largest absolute Gasteiger partial charge is 0.495 e. The standard InChI is InChI=1S/C12H17N3O5S.ClH/c1-7(5-13)15-21(17,18)11-4-9-8(3-10(11)19-2)14-12(16)6-20-9;/h3-4,7,15H,5-6,13H2,1-2H3,(H,14,16);1H/t7-;/m1./s1. The number of methoxy groups -OCH3 is 1. The Kier molecular flexibility index (Phi) is 6.00. The molecule has 0 unspecified atom stereocenters. The molecule has 0 saturated heterocycles. The molecular formula is C12H18ClN3O5S. The quantitative estimate of drug-likeness (QED) is 0.690. The molecule has 4 N–H and O–H groups in total. The lowest BCUT2D eigenvalue weighted by Crippen LogP contribution is -2.38. The maximum absolute atomic E-state index is 12.3. The maximum Gasteiger partial charge on any atom is 0.262 e. The van der Waals surface area contributed by atoms with Gasteiger partial charge in [-0.25, -0.2) is 13.1 Å². The van der Waals surface area contributed by atoms with E-state index in [9.17, 15) is 13.2 Å². The Morgan fingerprint density at radius 1 is 1.50 bits per heavy atom. The van der Waals surface area contributed by atoms with Crippen molar-refractivity contribution in [3.8, 4) is 11.5 Å². The maximum atomic E-state index is 12.3. The number of rotatable bonds is 5. The highest BCUT2D eigenvalue weighted by molar-refractivity contribution is 7.89. The molecule has 1 amide bonds. The first kappa shape index (κ1) is 18.5. The second-order valence-corrected chi connectivity index (χ2v) is 6.28. The van der Waals surface area contributed by atoms with Crippen LogP contribution in [0.3, 0.4) is 0 Å². The summed E-state index contributed by atoms with van der Waals surface area (Å²) in [5.41, 5.74) is 5.79. The van der Waals surface area contributed by atoms with Crippen molar-refractivity contribution < 1.29 is 22.7 Å². The van der Waals surface area contributed by atoms with Gasteiger partial charge in [0.15, 0.2) is 6.61 Å². The van der Waals surface area contributed by atoms with Crippen molar-refractivity contribution in [2.24, 2.45) is 5.73 Å². The van der Waals surface area contributed by atoms with Crippen LogP contribution in [0.1, 0.15) is 6.92 Å². The van der Waals surface area contributed by atoms with Crippen LogP contribution in [-0.4, -0.2) is 40.6 Å². The van der Waals surface area contributed by atoms with Gasteiger partial charge in [-0.3, -0.25) is 4.79 Å². The summed E-state index contributed by atoms with van der Waals surface area (Å²) in [5.74, 6) is 0.0717. The van der Waals surface area contributed by atoms with E-state index in [4.69, 9.17) is 15.2 Å². The number of anilines is 1. The molecule has 1 aliphatic heterocycles. The Labute approximate surface area is 134 Å². The van der Waals surface area contributed by atoms with E-state index in [1.165, 1.54) is 19.2 Å². The van der Waals surface area contributed by atoms with Gasteiger partial charge in [0.2, 0.25) is 10.0 Å². The van der Waals surface area contributed by atoms with Crippen LogP contribution in [0.25, 0.3) is 0 Å². The molecule has 10 heteroatoms. The molecule has 1 aliphatic rings. The number of sulfonamides is 1. The molecule has 0 spiro atoms. The predicted molar refractivity (Wildman–Crippen MR) is 83.2 cm³/mol. The first-order valence-electron chi connectivity index (χ1n) is 6.24. The minimum Gasteiger partial charge on any atom is -0.495 e. The number of amides is 1. The van der Waals surface area contributed by atoms with E-state index in [0.29, 0.717) is 5.69 Å². The van der Waals surface area contributed by atoms with Crippen molar-refractivity contribution in [2.75, 3.05) is 25.6 Å². The Morgan fingerprint density at radius 2 is 2.18 bits per heavy atom. The molecule has 0 radical (unpaired) electrons. The van der Waals surface area contributed by atoms with Gasteiger partial charge >= 0.3 is 0 Å². The van der Waals surface area contributed by atoms with Crippen LogP contribution in [0, 0.1) is 0 Å². The molecule has 8 nitrogen and oxygen atoms in total. The normalized spacial score (nSPS) is 15.0. The van der Waals surface area contributed by atoms with Gasteiger partial charge in [0.1, 0.15) is 16.4 Å². The zero-order valence-corrected chi connectivity index (χ0v) is 13.7. The molecule has 0 aliphatic carbocycles. The van der Waals surface area contributed by atoms with Crippen LogP contribution >= 0.6 is 12.4 Å². The lowest BCUT2D eigenvalue weighted by molar-refractivity contribution is -0.118. The Bertz CT molecular complexity index is 665. The Balaban J connectivity index is 0.00000242. The Hall–Kier alpha value is -1.55. The van der Waals surface area contributed by atoms with Gasteiger partial charge in [-0.05, 0) is 6.92 Å². The molecule has 1 aromatic rings. The number of nitrogens with two attached hydrogens (primary N) is 1. The van der Waals surface area contributed by atoms with Gasteiger partial charge in [0, 0.05) is 24.7 Å². The van der Waals surface area contributed by atoms with Crippen molar-refractivity contribution in [1.82, 2.24) is 4.72 Å². The SMILES string of the molecule is COc1cc2c(cc1S(=O)(=O)N[C@H](C)CN)OCC(=O)N2.Cl. The van der Waals surface area contributed by atoms with Crippen molar-refractivity contribution in [3.05, 3.63) is 12.1 Å². The van der Waals surface area contributed by atoms with Crippen molar-refractivity contribution in [1.29, 1.82) is 0 Å². The van der Waals surface area contributed by atoms with Crippen LogP contribution in [-0.2, 0) is 14.8 Å². The summed E-state index contributed by atoms with van der Waals surface area (Å²) in [6, 6.07) is 2.31. The van der Waals surface area contributed by atoms with Gasteiger partial charge < -0.3 is 20.5 Å². The third kappa shape index (κ3) is 3.80. The van der Waals surface area contributed by atoms with Gasteiger partial charge in [0.25, 0.3) is 5.91 Å². The summed E-state index contributed by atoms with van der Waals surface area (Å²) in [6.45, 7) is 1.66. The van der Waals surface area contributed by atoms with Crippen LogP contribution in [0.2, 0.25) is 0 Å². The smallest absolute Gasteiger partial charge is 0.262 e. The monoisotopic (exact) mass is 351 g/mol. The fourth-order valence-electron chi connectivity index (χ4n) is 1.83. The van der Waals surface area contributed by atoms with E-state index in [1.54, 1.807) is 6.92 Å². The molecule has 2 rings (SSSR count). The average molecular weight is 352 g/mol. The Morgan fingerprint density at radius 3 is 2.77 bits per heavy atom. The number of carbonyl (C=O) groups excluding carboxylic acids is 1. The summed E-state index contributed by atoms with van der Waals surface area (Å²) in [7, 11) is -2.46. The van der Waals surface area contributed by atoms with E-state index < -0.39 is 16.1 Å². The minimum absolute atomic E-state index is 0. The van der Waals surface area contributed by atoms with Crippen LogP contribution in [0.5, 0.6) is 11.5 Å². The topological polar surface area (TPSA) is 120 Å². The molecule has 1 heterocycles. The van der Waals surface area contributed by atoms with Crippen LogP contribution in [0.4, 0.5) is 5.69 Å². The van der Waals surface area contributed by atoms with Gasteiger partial charge in [-0.15, -0.1) is 12.4 Å². The molecule has 0 fully saturated rings. The lowest BCUT2D eigenvalue weighted by Gasteiger charge is -2.21. The fourth-order valence-corrected chi connectivity index (χ4v) is 3.26. The molecule has 1 atom stereocenters. The van der Waals surface area contributed by atoms with Crippen molar-refractivity contribution >= 4 is 34.0 Å². The third-order valence-electron chi connectivity index (χ3n) is 2.90. The first-order valence-corrected chi connectivity index (χ1v) is 7.72. The molecular weight excluding hydrogens is 334 g/mol. The average Bonchev–Trinajstić information content (AvgIpc) is 2.45. The number of nitrogens with one attached hydrogen (secondary N) is 2. The molecule has 0 bridgehead atoms. The highest BCUT2D eigenvalue weighted by atomic mass is 35.5. The highest BCUT2D eigenvalue weighted by Crippen LogP contribution is 2.37. The van der Waals surface area contributed by atoms with E-state index >= 15 is 0 Å². The molecule has 1 aromatic carbocycles. The summed E-state index contributed by atoms with van der Waals surface area (Å²) >= 11 is 0. The summed E-state index contributed by atoms with van der Waals surface area (Å²) in [5, 5.41) is 2.59. The highest BCUT2D eigenvalue weighted by Gasteiger charge is 2.26. The van der Waals surface area contributed by atoms with Gasteiger partial charge in [-0.2, -0.15) is 0 Å². The minimum atomic E-state index is -3.81. The zero-order chi connectivity index (χ0) is 15.6. The number of hydrogen-bond acceptors (Lipinski definition) is 6.